The van der Waals surface area contributed by atoms with E-state index in [4.69, 9.17) is 38.3 Å². The summed E-state index contributed by atoms with van der Waals surface area (Å²) in [5.74, 6) is -2.86. The number of methoxy groups -OCH3 is 2. The Morgan fingerprint density at radius 2 is 1.42 bits per heavy atom. The first-order valence-electron chi connectivity index (χ1n) is 19.9. The number of hydrazone groups is 1. The second kappa shape index (κ2) is 23.7. The van der Waals surface area contributed by atoms with E-state index in [0.29, 0.717) is 22.6 Å². The molecule has 0 spiro atoms. The number of aromatic amines is 1. The molecule has 0 saturated carbocycles. The Morgan fingerprint density at radius 3 is 1.93 bits per heavy atom. The van der Waals surface area contributed by atoms with Crippen molar-refractivity contribution in [3.8, 4) is 17.4 Å². The number of ether oxygens (including phenoxy) is 7. The summed E-state index contributed by atoms with van der Waals surface area (Å²) in [5, 5.41) is 36.9. The minimum atomic E-state index is -4.78. The van der Waals surface area contributed by atoms with Gasteiger partial charge in [0.2, 0.25) is 18.1 Å². The third kappa shape index (κ3) is 14.7. The molecule has 26 heteroatoms. The topological polar surface area (TPSA) is 230 Å². The minimum absolute atomic E-state index is 0.0474. The van der Waals surface area contributed by atoms with Crippen LogP contribution in [0.5, 0.6) is 17.4 Å². The van der Waals surface area contributed by atoms with Crippen molar-refractivity contribution < 1.29 is 98.0 Å². The molecule has 0 radical (unpaired) electrons. The van der Waals surface area contributed by atoms with Gasteiger partial charge in [-0.05, 0) is 41.8 Å². The highest BCUT2D eigenvalue weighted by atomic mass is 79.9. The van der Waals surface area contributed by atoms with Crippen LogP contribution in [0.4, 0.5) is 35.1 Å². The number of nitrogens with one attached hydrogen (secondary N) is 2. The van der Waals surface area contributed by atoms with Gasteiger partial charge < -0.3 is 48.5 Å². The van der Waals surface area contributed by atoms with Crippen LogP contribution < -0.4 is 19.6 Å². The minimum Gasteiger partial charge on any atom is -0.497 e. The Hall–Kier alpha value is -5.15. The summed E-state index contributed by atoms with van der Waals surface area (Å²) >= 11 is 3.24. The van der Waals surface area contributed by atoms with Crippen LogP contribution in [-0.2, 0) is 52.3 Å². The lowest BCUT2D eigenvalue weighted by atomic mass is 9.94. The van der Waals surface area contributed by atoms with Crippen molar-refractivity contribution in [3.63, 3.8) is 0 Å². The Kier molecular flexibility index (Phi) is 19.3. The van der Waals surface area contributed by atoms with Crippen molar-refractivity contribution in [2.45, 2.75) is 100 Å². The number of hydrogen-bond acceptors (Lipinski definition) is 15. The number of aliphatic hydroxyl groups excluding tert-OH is 3. The number of esters is 2. The number of benzene rings is 2. The fourth-order valence-corrected chi connectivity index (χ4v) is 7.17. The van der Waals surface area contributed by atoms with Crippen LogP contribution in [-0.4, -0.2) is 137 Å². The molecule has 67 heavy (non-hydrogen) atoms. The van der Waals surface area contributed by atoms with E-state index in [1.54, 1.807) is 55.5 Å². The molecule has 0 bridgehead atoms. The molecule has 17 nitrogen and oxygen atoms in total. The number of rotatable bonds is 12. The van der Waals surface area contributed by atoms with Gasteiger partial charge in [-0.15, -0.1) is 5.10 Å². The van der Waals surface area contributed by atoms with Gasteiger partial charge >= 0.3 is 24.3 Å². The SMILES string of the molecule is CC(=O)OCC1OC(Br)C(C)C(OC(C)=O)C1F.COc1ccc(CC2C(=O)NN=C2C(F)(F)F)cc1.COc1ccc(Cc2c(OC3OC(CO)C(F)C(O)C3O)n[nH]c2C(F)(F)F)cc1. The lowest BCUT2D eigenvalue weighted by molar-refractivity contribution is -0.266. The van der Waals surface area contributed by atoms with E-state index in [0.717, 1.165) is 0 Å². The normalized spacial score (nSPS) is 27.2. The molecular weight excluding hydrogens is 988 g/mol. The van der Waals surface area contributed by atoms with Crippen LogP contribution in [0.2, 0.25) is 0 Å². The Bertz CT molecular complexity index is 2130. The van der Waals surface area contributed by atoms with Gasteiger partial charge in [0, 0.05) is 26.2 Å². The molecule has 5 N–H and O–H groups in total. The fourth-order valence-electron chi connectivity index (χ4n) is 6.59. The average molecular weight is 1040 g/mol. The lowest BCUT2D eigenvalue weighted by Gasteiger charge is -2.39. The number of amides is 1. The van der Waals surface area contributed by atoms with Gasteiger partial charge in [0.1, 0.15) is 59.3 Å². The van der Waals surface area contributed by atoms with Crippen LogP contribution >= 0.6 is 15.9 Å². The first kappa shape index (κ1) is 54.5. The summed E-state index contributed by atoms with van der Waals surface area (Å²) in [7, 11) is 2.94. The molecule has 2 fully saturated rings. The van der Waals surface area contributed by atoms with Gasteiger partial charge in [-0.3, -0.25) is 19.5 Å². The van der Waals surface area contributed by atoms with E-state index in [1.165, 1.54) is 28.1 Å². The van der Waals surface area contributed by atoms with Crippen LogP contribution in [0, 0.1) is 11.8 Å². The molecule has 1 amide bonds. The molecule has 11 atom stereocenters. The molecule has 3 aliphatic rings. The number of aromatic nitrogens is 2. The number of aliphatic hydroxyl groups is 3. The molecule has 2 aromatic carbocycles. The summed E-state index contributed by atoms with van der Waals surface area (Å²) < 4.78 is 142. The third-order valence-corrected chi connectivity index (χ3v) is 11.2. The Labute approximate surface area is 385 Å². The number of H-pyrrole nitrogens is 1. The zero-order valence-electron chi connectivity index (χ0n) is 36.0. The highest BCUT2D eigenvalue weighted by molar-refractivity contribution is 9.09. The van der Waals surface area contributed by atoms with Gasteiger partial charge in [-0.25, -0.2) is 14.2 Å². The zero-order valence-corrected chi connectivity index (χ0v) is 37.6. The summed E-state index contributed by atoms with van der Waals surface area (Å²) in [6.07, 6.45) is -22.3. The number of alkyl halides is 9. The highest BCUT2D eigenvalue weighted by Crippen LogP contribution is 2.38. The highest BCUT2D eigenvalue weighted by Gasteiger charge is 2.49. The number of carbonyl (C=O) groups is 3. The predicted molar refractivity (Wildman–Crippen MR) is 218 cm³/mol. The maximum Gasteiger partial charge on any atom is 0.433 e. The summed E-state index contributed by atoms with van der Waals surface area (Å²) in [5.41, 5.74) is 0.350. The molecule has 11 unspecified atom stereocenters. The van der Waals surface area contributed by atoms with E-state index in [2.05, 4.69) is 26.1 Å². The van der Waals surface area contributed by atoms with Gasteiger partial charge in [-0.1, -0.05) is 47.1 Å². The number of nitrogens with zero attached hydrogens (tertiary/aromatic N) is 2. The molecular formula is C41H47BrF8N4O13. The van der Waals surface area contributed by atoms with Gasteiger partial charge in [0.25, 0.3) is 0 Å². The maximum absolute atomic E-state index is 14.1. The van der Waals surface area contributed by atoms with Crippen LogP contribution in [0.25, 0.3) is 0 Å². The standard InChI is InChI=1S/C18H20F4N2O6.C12H11F3N2O2.C11H16BrFO5/c1-28-9-4-2-8(3-5-9)6-10-15(18(20,21)22)23-24-16(10)30-17-14(27)13(26)12(19)11(7-25)29-17;1-19-8-4-2-7(3-5-8)6-9-10(12(13,14)15)16-17-11(9)18;1-5-10(17-7(3)15)9(13)8(18-11(5)12)4-16-6(2)14/h2-5,11-14,17,25-27H,6-7H2,1H3,(H,23,24);2-5,9H,6H2,1H3,(H,17,18);5,8-11H,4H2,1-3H3. The van der Waals surface area contributed by atoms with Crippen LogP contribution in [0.1, 0.15) is 43.2 Å². The summed E-state index contributed by atoms with van der Waals surface area (Å²) in [4.78, 5) is 33.1. The monoisotopic (exact) mass is 1030 g/mol. The Balaban J connectivity index is 0.000000231. The molecule has 3 aliphatic heterocycles. The van der Waals surface area contributed by atoms with E-state index in [1.807, 2.05) is 10.5 Å². The summed E-state index contributed by atoms with van der Waals surface area (Å²) in [6.45, 7) is 3.12. The smallest absolute Gasteiger partial charge is 0.433 e. The first-order valence-corrected chi connectivity index (χ1v) is 20.8. The largest absolute Gasteiger partial charge is 0.497 e. The Morgan fingerprint density at radius 1 is 0.836 bits per heavy atom. The van der Waals surface area contributed by atoms with Crippen molar-refractivity contribution in [2.24, 2.45) is 16.9 Å². The number of hydrogen-bond donors (Lipinski definition) is 5. The number of carbonyl (C=O) groups excluding carboxylic acids is 3. The van der Waals surface area contributed by atoms with E-state index >= 15 is 0 Å². The van der Waals surface area contributed by atoms with E-state index < -0.39 is 114 Å². The van der Waals surface area contributed by atoms with Crippen molar-refractivity contribution in [3.05, 3.63) is 70.9 Å². The van der Waals surface area contributed by atoms with Crippen molar-refractivity contribution in [1.29, 1.82) is 0 Å². The van der Waals surface area contributed by atoms with Crippen molar-refractivity contribution in [2.75, 3.05) is 27.4 Å². The quantitative estimate of drug-likeness (QED) is 0.0945. The maximum atomic E-state index is 14.1. The molecule has 4 heterocycles. The first-order chi connectivity index (χ1) is 31.4. The second-order valence-corrected chi connectivity index (χ2v) is 15.9. The third-order valence-electron chi connectivity index (χ3n) is 10.2. The second-order valence-electron chi connectivity index (χ2n) is 15.0. The fraction of sp³-hybridized carbons (Fsp3) is 0.537. The molecule has 0 aliphatic carbocycles. The molecule has 2 saturated heterocycles. The zero-order chi connectivity index (χ0) is 50.0. The lowest BCUT2D eigenvalue weighted by Crippen LogP contribution is -2.58. The van der Waals surface area contributed by atoms with Crippen molar-refractivity contribution in [1.82, 2.24) is 15.6 Å². The molecule has 3 aromatic rings. The van der Waals surface area contributed by atoms with Gasteiger partial charge in [0.15, 0.2) is 18.1 Å². The van der Waals surface area contributed by atoms with Crippen LogP contribution in [0.15, 0.2) is 53.6 Å². The number of halogens is 9. The van der Waals surface area contributed by atoms with E-state index in [9.17, 15) is 59.7 Å². The molecule has 372 valence electrons. The van der Waals surface area contributed by atoms with Gasteiger partial charge in [0.05, 0.1) is 32.3 Å². The molecule has 6 rings (SSSR count). The predicted octanol–water partition coefficient (Wildman–Crippen LogP) is 4.66. The van der Waals surface area contributed by atoms with Gasteiger partial charge in [-0.2, -0.15) is 31.4 Å². The van der Waals surface area contributed by atoms with E-state index in [-0.39, 0.29) is 30.9 Å². The average Bonchev–Trinajstić information content (AvgIpc) is 3.86. The summed E-state index contributed by atoms with van der Waals surface area (Å²) in [6, 6.07) is 12.8. The van der Waals surface area contributed by atoms with Crippen LogP contribution in [0.3, 0.4) is 0 Å². The van der Waals surface area contributed by atoms with Crippen molar-refractivity contribution >= 4 is 39.5 Å². The molecule has 1 aromatic heterocycles.